The third-order valence-electron chi connectivity index (χ3n) is 6.68. The summed E-state index contributed by atoms with van der Waals surface area (Å²) in [6.07, 6.45) is 11.6. The molecule has 0 bridgehead atoms. The van der Waals surface area contributed by atoms with Crippen molar-refractivity contribution in [1.82, 2.24) is 10.2 Å². The summed E-state index contributed by atoms with van der Waals surface area (Å²) in [5, 5.41) is 3.24. The number of likely N-dealkylation sites (tertiary alicyclic amines) is 1. The number of nitrogens with zero attached hydrogens (tertiary/aromatic N) is 1. The fraction of sp³-hybridized carbons (Fsp3) is 0.900. The molecule has 150 valence electrons. The van der Waals surface area contributed by atoms with Gasteiger partial charge in [0.25, 0.3) is 0 Å². The number of halogens is 1. The van der Waals surface area contributed by atoms with Crippen molar-refractivity contribution in [2.45, 2.75) is 89.1 Å². The Bertz CT molecular complexity index is 483. The minimum Gasteiger partial charge on any atom is -0.353 e. The highest BCUT2D eigenvalue weighted by Crippen LogP contribution is 2.33. The summed E-state index contributed by atoms with van der Waals surface area (Å²) in [7, 11) is 0. The number of hydrogen-bond acceptors (Lipinski definition) is 3. The van der Waals surface area contributed by atoms with Crippen LogP contribution in [0, 0.1) is 11.8 Å². The number of piperidine rings is 1. The first kappa shape index (κ1) is 21.5. The van der Waals surface area contributed by atoms with Crippen molar-refractivity contribution in [1.29, 1.82) is 0 Å². The van der Waals surface area contributed by atoms with Crippen molar-refractivity contribution < 1.29 is 9.59 Å². The summed E-state index contributed by atoms with van der Waals surface area (Å²) >= 11 is 0. The highest BCUT2D eigenvalue weighted by atomic mass is 35.5. The molecule has 0 spiro atoms. The van der Waals surface area contributed by atoms with E-state index in [0.29, 0.717) is 0 Å². The summed E-state index contributed by atoms with van der Waals surface area (Å²) < 4.78 is 0. The van der Waals surface area contributed by atoms with Gasteiger partial charge in [0, 0.05) is 30.6 Å². The van der Waals surface area contributed by atoms with E-state index in [9.17, 15) is 9.59 Å². The van der Waals surface area contributed by atoms with Gasteiger partial charge in [0.2, 0.25) is 11.8 Å². The second-order valence-electron chi connectivity index (χ2n) is 8.75. The van der Waals surface area contributed by atoms with Gasteiger partial charge >= 0.3 is 0 Å². The Balaban J connectivity index is 0.00000243. The molecule has 3 N–H and O–H groups in total. The Labute approximate surface area is 164 Å². The molecule has 2 saturated carbocycles. The molecule has 0 aromatic carbocycles. The molecular formula is C20H36ClN3O2. The van der Waals surface area contributed by atoms with Crippen LogP contribution in [0.2, 0.25) is 0 Å². The number of carbonyl (C=O) groups excluding carboxylic acids is 2. The fourth-order valence-electron chi connectivity index (χ4n) is 4.91. The maximum Gasteiger partial charge on any atom is 0.227 e. The lowest BCUT2D eigenvalue weighted by Gasteiger charge is -2.42. The highest BCUT2D eigenvalue weighted by molar-refractivity contribution is 5.85. The molecule has 0 aromatic rings. The van der Waals surface area contributed by atoms with Crippen LogP contribution in [0.4, 0.5) is 0 Å². The zero-order valence-corrected chi connectivity index (χ0v) is 17.0. The predicted octanol–water partition coefficient (Wildman–Crippen LogP) is 3.00. The van der Waals surface area contributed by atoms with Crippen molar-refractivity contribution in [3.8, 4) is 0 Å². The second kappa shape index (κ2) is 9.41. The largest absolute Gasteiger partial charge is 0.353 e. The van der Waals surface area contributed by atoms with E-state index < -0.39 is 0 Å². The molecular weight excluding hydrogens is 350 g/mol. The predicted molar refractivity (Wildman–Crippen MR) is 106 cm³/mol. The minimum atomic E-state index is -0.360. The Hall–Kier alpha value is -0.810. The average molecular weight is 386 g/mol. The average Bonchev–Trinajstić information content (AvgIpc) is 2.62. The van der Waals surface area contributed by atoms with Crippen LogP contribution in [0.5, 0.6) is 0 Å². The molecule has 1 aliphatic heterocycles. The quantitative estimate of drug-likeness (QED) is 0.784. The van der Waals surface area contributed by atoms with Crippen LogP contribution >= 0.6 is 12.4 Å². The number of carbonyl (C=O) groups is 2. The molecule has 1 saturated heterocycles. The van der Waals surface area contributed by atoms with Gasteiger partial charge in [-0.25, -0.2) is 0 Å². The van der Waals surface area contributed by atoms with Crippen molar-refractivity contribution in [3.63, 3.8) is 0 Å². The molecule has 3 fully saturated rings. The zero-order valence-electron chi connectivity index (χ0n) is 16.2. The number of nitrogens with one attached hydrogen (secondary N) is 1. The summed E-state index contributed by atoms with van der Waals surface area (Å²) in [5.74, 6) is 0.663. The van der Waals surface area contributed by atoms with Crippen LogP contribution in [-0.2, 0) is 9.59 Å². The maximum absolute atomic E-state index is 12.9. The van der Waals surface area contributed by atoms with E-state index in [1.807, 2.05) is 11.8 Å². The Morgan fingerprint density at radius 1 is 0.962 bits per heavy atom. The van der Waals surface area contributed by atoms with Gasteiger partial charge in [0.15, 0.2) is 0 Å². The minimum absolute atomic E-state index is 0. The van der Waals surface area contributed by atoms with Crippen LogP contribution in [0.25, 0.3) is 0 Å². The fourth-order valence-corrected chi connectivity index (χ4v) is 4.91. The summed E-state index contributed by atoms with van der Waals surface area (Å²) in [4.78, 5) is 27.3. The van der Waals surface area contributed by atoms with E-state index in [-0.39, 0.29) is 47.6 Å². The molecule has 1 heterocycles. The molecule has 6 heteroatoms. The lowest BCUT2D eigenvalue weighted by atomic mass is 9.74. The van der Waals surface area contributed by atoms with Gasteiger partial charge in [-0.2, -0.15) is 0 Å². The lowest BCUT2D eigenvalue weighted by Crippen LogP contribution is -2.56. The van der Waals surface area contributed by atoms with Crippen LogP contribution in [-0.4, -0.2) is 41.4 Å². The molecule has 3 rings (SSSR count). The SMILES string of the molecule is CC1(N)CCCCC1C(=O)N1CCC(NC(=O)C2CCCCC2)CC1.Cl. The van der Waals surface area contributed by atoms with Crippen molar-refractivity contribution >= 4 is 24.2 Å². The Morgan fingerprint density at radius 2 is 1.58 bits per heavy atom. The van der Waals surface area contributed by atoms with E-state index in [1.165, 1.54) is 19.3 Å². The molecule has 2 aliphatic carbocycles. The summed E-state index contributed by atoms with van der Waals surface area (Å²) in [5.41, 5.74) is 6.04. The van der Waals surface area contributed by atoms with E-state index in [0.717, 1.165) is 64.5 Å². The van der Waals surface area contributed by atoms with Gasteiger partial charge in [-0.05, 0) is 45.4 Å². The molecule has 26 heavy (non-hydrogen) atoms. The van der Waals surface area contributed by atoms with Gasteiger partial charge in [-0.1, -0.05) is 32.1 Å². The van der Waals surface area contributed by atoms with Crippen molar-refractivity contribution in [2.24, 2.45) is 17.6 Å². The third kappa shape index (κ3) is 5.13. The Morgan fingerprint density at radius 3 is 2.19 bits per heavy atom. The molecule has 5 nitrogen and oxygen atoms in total. The smallest absolute Gasteiger partial charge is 0.227 e. The first-order valence-electron chi connectivity index (χ1n) is 10.4. The number of amides is 2. The molecule has 2 atom stereocenters. The van der Waals surface area contributed by atoms with Crippen LogP contribution in [0.15, 0.2) is 0 Å². The first-order chi connectivity index (χ1) is 12.0. The Kier molecular flexibility index (Phi) is 7.77. The molecule has 0 radical (unpaired) electrons. The third-order valence-corrected chi connectivity index (χ3v) is 6.68. The lowest BCUT2D eigenvalue weighted by molar-refractivity contribution is -0.140. The van der Waals surface area contributed by atoms with Crippen LogP contribution < -0.4 is 11.1 Å². The summed E-state index contributed by atoms with van der Waals surface area (Å²) in [6.45, 7) is 3.54. The topological polar surface area (TPSA) is 75.4 Å². The van der Waals surface area contributed by atoms with Crippen LogP contribution in [0.3, 0.4) is 0 Å². The maximum atomic E-state index is 12.9. The van der Waals surface area contributed by atoms with Gasteiger partial charge in [0.1, 0.15) is 0 Å². The van der Waals surface area contributed by atoms with Crippen molar-refractivity contribution in [2.75, 3.05) is 13.1 Å². The van der Waals surface area contributed by atoms with Gasteiger partial charge in [0.05, 0.1) is 5.92 Å². The molecule has 2 amide bonds. The van der Waals surface area contributed by atoms with E-state index in [4.69, 9.17) is 5.73 Å². The van der Waals surface area contributed by atoms with Gasteiger partial charge < -0.3 is 16.0 Å². The number of nitrogens with two attached hydrogens (primary N) is 1. The number of rotatable bonds is 3. The monoisotopic (exact) mass is 385 g/mol. The first-order valence-corrected chi connectivity index (χ1v) is 10.4. The number of hydrogen-bond donors (Lipinski definition) is 2. The van der Waals surface area contributed by atoms with E-state index >= 15 is 0 Å². The van der Waals surface area contributed by atoms with Crippen molar-refractivity contribution in [3.05, 3.63) is 0 Å². The zero-order chi connectivity index (χ0) is 17.9. The van der Waals surface area contributed by atoms with E-state index in [2.05, 4.69) is 5.32 Å². The standard InChI is InChI=1S/C20H35N3O2.ClH/c1-20(21)12-6-5-9-17(20)19(25)23-13-10-16(11-14-23)22-18(24)15-7-3-2-4-8-15;/h15-17H,2-14,21H2,1H3,(H,22,24);1H. The second-order valence-corrected chi connectivity index (χ2v) is 8.75. The molecule has 3 aliphatic rings. The van der Waals surface area contributed by atoms with Gasteiger partial charge in [-0.15, -0.1) is 12.4 Å². The normalized spacial score (nSPS) is 31.2. The van der Waals surface area contributed by atoms with Crippen LogP contribution in [0.1, 0.15) is 77.6 Å². The molecule has 2 unspecified atom stereocenters. The van der Waals surface area contributed by atoms with E-state index in [1.54, 1.807) is 0 Å². The summed E-state index contributed by atoms with van der Waals surface area (Å²) in [6, 6.07) is 0.231. The highest BCUT2D eigenvalue weighted by Gasteiger charge is 2.40. The van der Waals surface area contributed by atoms with Gasteiger partial charge in [-0.3, -0.25) is 9.59 Å². The molecule has 0 aromatic heterocycles.